The van der Waals surface area contributed by atoms with E-state index < -0.39 is 0 Å². The van der Waals surface area contributed by atoms with Gasteiger partial charge in [0, 0.05) is 27.5 Å². The van der Waals surface area contributed by atoms with E-state index >= 15 is 0 Å². The van der Waals surface area contributed by atoms with Crippen molar-refractivity contribution in [3.63, 3.8) is 0 Å². The molecule has 0 bridgehead atoms. The van der Waals surface area contributed by atoms with Crippen molar-refractivity contribution in [3.8, 4) is 56.4 Å². The van der Waals surface area contributed by atoms with Crippen LogP contribution in [-0.2, 0) is 0 Å². The summed E-state index contributed by atoms with van der Waals surface area (Å²) in [6, 6.07) is 43.8. The van der Waals surface area contributed by atoms with Crippen molar-refractivity contribution in [3.05, 3.63) is 127 Å². The summed E-state index contributed by atoms with van der Waals surface area (Å²) < 4.78 is 6.49. The Morgan fingerprint density at radius 1 is 0.390 bits per heavy atom. The third-order valence-corrected chi connectivity index (χ3v) is 8.06. The third kappa shape index (κ3) is 3.31. The van der Waals surface area contributed by atoms with Crippen LogP contribution >= 0.6 is 0 Å². The molecule has 0 saturated heterocycles. The molecular weight excluding hydrogens is 502 g/mol. The molecule has 2 heterocycles. The molecule has 0 spiro atoms. The van der Waals surface area contributed by atoms with Crippen LogP contribution in [0.3, 0.4) is 0 Å². The van der Waals surface area contributed by atoms with Gasteiger partial charge in [-0.25, -0.2) is 15.0 Å². The molecule has 0 atom stereocenters. The van der Waals surface area contributed by atoms with Crippen LogP contribution in [0.15, 0.2) is 132 Å². The zero-order valence-corrected chi connectivity index (χ0v) is 21.9. The maximum atomic E-state index is 6.49. The van der Waals surface area contributed by atoms with Gasteiger partial charge in [-0.15, -0.1) is 0 Å². The van der Waals surface area contributed by atoms with E-state index in [4.69, 9.17) is 19.4 Å². The van der Waals surface area contributed by atoms with Crippen molar-refractivity contribution < 1.29 is 4.42 Å². The van der Waals surface area contributed by atoms with Crippen LogP contribution in [0.2, 0.25) is 0 Å². The number of hydrogen-bond donors (Lipinski definition) is 0. The number of benzene rings is 6. The molecule has 0 aliphatic heterocycles. The molecule has 1 aliphatic carbocycles. The predicted octanol–water partition coefficient (Wildman–Crippen LogP) is 9.57. The summed E-state index contributed by atoms with van der Waals surface area (Å²) in [4.78, 5) is 14.9. The molecule has 2 aromatic heterocycles. The predicted molar refractivity (Wildman–Crippen MR) is 165 cm³/mol. The van der Waals surface area contributed by atoms with Gasteiger partial charge in [-0.3, -0.25) is 0 Å². The fourth-order valence-electron chi connectivity index (χ4n) is 6.22. The zero-order chi connectivity index (χ0) is 26.9. The fraction of sp³-hybridized carbons (Fsp3) is 0. The molecule has 4 heteroatoms. The highest BCUT2D eigenvalue weighted by Crippen LogP contribution is 2.50. The average Bonchev–Trinajstić information content (AvgIpc) is 3.57. The Kier molecular flexibility index (Phi) is 4.58. The minimum atomic E-state index is 0.622. The maximum absolute atomic E-state index is 6.49. The maximum Gasteiger partial charge on any atom is 0.164 e. The third-order valence-electron chi connectivity index (χ3n) is 8.06. The lowest BCUT2D eigenvalue weighted by Crippen LogP contribution is -2.00. The topological polar surface area (TPSA) is 51.8 Å². The van der Waals surface area contributed by atoms with Crippen LogP contribution in [0, 0.1) is 0 Å². The van der Waals surface area contributed by atoms with Gasteiger partial charge in [-0.2, -0.15) is 0 Å². The first-order valence-corrected chi connectivity index (χ1v) is 13.7. The Labute approximate surface area is 235 Å². The summed E-state index contributed by atoms with van der Waals surface area (Å²) in [5.74, 6) is 1.90. The molecule has 1 aliphatic rings. The lowest BCUT2D eigenvalue weighted by Gasteiger charge is -2.09. The van der Waals surface area contributed by atoms with Crippen molar-refractivity contribution in [1.29, 1.82) is 0 Å². The number of aromatic nitrogens is 3. The van der Waals surface area contributed by atoms with Gasteiger partial charge in [0.25, 0.3) is 0 Å². The van der Waals surface area contributed by atoms with Crippen molar-refractivity contribution in [2.75, 3.05) is 0 Å². The minimum Gasteiger partial charge on any atom is -0.456 e. The first-order chi connectivity index (χ1) is 20.3. The van der Waals surface area contributed by atoms with Gasteiger partial charge in [0.1, 0.15) is 11.2 Å². The smallest absolute Gasteiger partial charge is 0.164 e. The van der Waals surface area contributed by atoms with Gasteiger partial charge in [0.15, 0.2) is 17.5 Å². The van der Waals surface area contributed by atoms with E-state index in [1.165, 1.54) is 33.0 Å². The Hall–Kier alpha value is -5.61. The molecule has 0 unspecified atom stereocenters. The average molecular weight is 524 g/mol. The Morgan fingerprint density at radius 3 is 1.61 bits per heavy atom. The molecule has 0 radical (unpaired) electrons. The van der Waals surface area contributed by atoms with Gasteiger partial charge >= 0.3 is 0 Å². The quantitative estimate of drug-likeness (QED) is 0.231. The van der Waals surface area contributed by atoms with E-state index in [1.54, 1.807) is 0 Å². The van der Waals surface area contributed by atoms with E-state index in [2.05, 4.69) is 54.6 Å². The van der Waals surface area contributed by atoms with Crippen molar-refractivity contribution in [1.82, 2.24) is 15.0 Å². The number of nitrogens with zero attached hydrogens (tertiary/aromatic N) is 3. The molecule has 0 N–H and O–H groups in total. The van der Waals surface area contributed by atoms with Crippen LogP contribution in [-0.4, -0.2) is 15.0 Å². The van der Waals surface area contributed by atoms with E-state index in [-0.39, 0.29) is 0 Å². The lowest BCUT2D eigenvalue weighted by atomic mass is 9.99. The highest BCUT2D eigenvalue weighted by atomic mass is 16.3. The molecular formula is C37H21N3O. The van der Waals surface area contributed by atoms with Crippen molar-refractivity contribution in [2.45, 2.75) is 0 Å². The molecule has 9 rings (SSSR count). The highest BCUT2D eigenvalue weighted by molar-refractivity contribution is 6.20. The first kappa shape index (κ1) is 22.2. The van der Waals surface area contributed by atoms with Crippen LogP contribution in [0.4, 0.5) is 0 Å². The lowest BCUT2D eigenvalue weighted by molar-refractivity contribution is 0.669. The summed E-state index contributed by atoms with van der Waals surface area (Å²) in [7, 11) is 0. The summed E-state index contributed by atoms with van der Waals surface area (Å²) in [6.07, 6.45) is 0. The van der Waals surface area contributed by atoms with Gasteiger partial charge < -0.3 is 4.42 Å². The summed E-state index contributed by atoms with van der Waals surface area (Å²) in [5, 5.41) is 4.63. The number of fused-ring (bicyclic) bond motifs is 6. The molecule has 0 amide bonds. The molecule has 6 aromatic carbocycles. The molecule has 41 heavy (non-hydrogen) atoms. The highest BCUT2D eigenvalue weighted by Gasteiger charge is 2.24. The van der Waals surface area contributed by atoms with Gasteiger partial charge in [-0.05, 0) is 51.2 Å². The van der Waals surface area contributed by atoms with Gasteiger partial charge in [-0.1, -0.05) is 109 Å². The number of furan rings is 1. The monoisotopic (exact) mass is 523 g/mol. The molecule has 190 valence electrons. The van der Waals surface area contributed by atoms with Crippen LogP contribution < -0.4 is 0 Å². The van der Waals surface area contributed by atoms with Gasteiger partial charge in [0.05, 0.1) is 0 Å². The number of hydrogen-bond acceptors (Lipinski definition) is 4. The van der Waals surface area contributed by atoms with Crippen LogP contribution in [0.1, 0.15) is 0 Å². The Bertz CT molecular complexity index is 2240. The standard InChI is InChI=1S/C37H21N3O/c1-3-10-23(11-4-1)35-38-36(24-12-5-2-6-13-24)40-37(39-35)27-18-9-19-31-34(27)30-20-28-25-16-7-14-22-15-8-17-26(33(22)25)29(28)21-32(30)41-31/h1-21H. The first-order valence-electron chi connectivity index (χ1n) is 13.7. The Balaban J connectivity index is 1.32. The molecule has 8 aromatic rings. The molecule has 0 saturated carbocycles. The number of rotatable bonds is 3. The summed E-state index contributed by atoms with van der Waals surface area (Å²) >= 11 is 0. The second-order valence-corrected chi connectivity index (χ2v) is 10.4. The van der Waals surface area contributed by atoms with Crippen molar-refractivity contribution >= 4 is 32.7 Å². The summed E-state index contributed by atoms with van der Waals surface area (Å²) in [6.45, 7) is 0. The van der Waals surface area contributed by atoms with E-state index in [0.29, 0.717) is 17.5 Å². The Morgan fingerprint density at radius 2 is 0.951 bits per heavy atom. The van der Waals surface area contributed by atoms with E-state index in [9.17, 15) is 0 Å². The second-order valence-electron chi connectivity index (χ2n) is 10.4. The van der Waals surface area contributed by atoms with Crippen LogP contribution in [0.5, 0.6) is 0 Å². The summed E-state index contributed by atoms with van der Waals surface area (Å²) in [5.41, 5.74) is 9.45. The normalized spacial score (nSPS) is 11.9. The SMILES string of the molecule is c1ccc(-c2nc(-c3ccccc3)nc(-c3cccc4oc5cc6c(cc5c34)-c3cccc4cccc-6c34)n2)cc1. The second kappa shape index (κ2) is 8.44. The fourth-order valence-corrected chi connectivity index (χ4v) is 6.22. The largest absolute Gasteiger partial charge is 0.456 e. The van der Waals surface area contributed by atoms with Crippen LogP contribution in [0.25, 0.3) is 89.1 Å². The van der Waals surface area contributed by atoms with E-state index in [0.717, 1.165) is 38.6 Å². The molecule has 4 nitrogen and oxygen atoms in total. The minimum absolute atomic E-state index is 0.622. The zero-order valence-electron chi connectivity index (χ0n) is 21.9. The molecule has 0 fully saturated rings. The van der Waals surface area contributed by atoms with E-state index in [1.807, 2.05) is 72.8 Å². The van der Waals surface area contributed by atoms with Gasteiger partial charge in [0.2, 0.25) is 0 Å². The van der Waals surface area contributed by atoms with Crippen molar-refractivity contribution in [2.24, 2.45) is 0 Å².